The van der Waals surface area contributed by atoms with Crippen LogP contribution in [0.1, 0.15) is 6.42 Å². The highest BCUT2D eigenvalue weighted by Crippen LogP contribution is 1.74. The van der Waals surface area contributed by atoms with Crippen LogP contribution in [0.25, 0.3) is 0 Å². The second kappa shape index (κ2) is 8.97. The predicted octanol–water partition coefficient (Wildman–Crippen LogP) is 0.957. The van der Waals surface area contributed by atoms with Crippen molar-refractivity contribution in [2.24, 2.45) is 0 Å². The van der Waals surface area contributed by atoms with Gasteiger partial charge in [0.2, 0.25) is 0 Å². The lowest BCUT2D eigenvalue weighted by molar-refractivity contribution is -0.136. The van der Waals surface area contributed by atoms with Gasteiger partial charge in [0, 0.05) is 0 Å². The third-order valence-electron chi connectivity index (χ3n) is 0.433. The number of carbonyl (C=O) groups is 2. The minimum atomic E-state index is -0.980. The van der Waals surface area contributed by atoms with Crippen molar-refractivity contribution in [2.45, 2.75) is 6.42 Å². The molecule has 0 aliphatic rings. The highest BCUT2D eigenvalue weighted by molar-refractivity contribution is 6.26. The summed E-state index contributed by atoms with van der Waals surface area (Å²) in [6, 6.07) is 0. The molecule has 4 nitrogen and oxygen atoms in total. The number of aliphatic carboxylic acids is 2. The van der Waals surface area contributed by atoms with Crippen LogP contribution in [0, 0.1) is 0 Å². The van der Waals surface area contributed by atoms with Gasteiger partial charge in [-0.1, -0.05) is 6.08 Å². The van der Waals surface area contributed by atoms with E-state index in [1.807, 2.05) is 0 Å². The van der Waals surface area contributed by atoms with E-state index >= 15 is 0 Å². The lowest BCUT2D eigenvalue weighted by Crippen LogP contribution is -1.92. The molecule has 0 bridgehead atoms. The maximum atomic E-state index is 9.53. The molecule has 0 aliphatic heterocycles. The van der Waals surface area contributed by atoms with Crippen LogP contribution in [-0.2, 0) is 9.59 Å². The average Bonchev–Trinajstić information content (AvgIpc) is 1.89. The Hall–Kier alpha value is -1.03. The molecule has 0 spiro atoms. The molecule has 0 radical (unpaired) electrons. The zero-order valence-electron chi connectivity index (χ0n) is 5.79. The van der Waals surface area contributed by atoms with Crippen molar-refractivity contribution in [3.05, 3.63) is 12.7 Å². The standard InChI is InChI=1S/C4H6O2.C2H3ClO2/c1-2-3-4(5)6;3-1-2(4)5/h2H,1,3H2,(H,5,6);1H2,(H,4,5). The molecular weight excluding hydrogens is 172 g/mol. The predicted molar refractivity (Wildman–Crippen MR) is 40.8 cm³/mol. The summed E-state index contributed by atoms with van der Waals surface area (Å²) in [7, 11) is 0. The molecule has 11 heavy (non-hydrogen) atoms. The van der Waals surface area contributed by atoms with Crippen LogP contribution < -0.4 is 0 Å². The maximum Gasteiger partial charge on any atom is 0.318 e. The van der Waals surface area contributed by atoms with Crippen molar-refractivity contribution >= 4 is 23.5 Å². The van der Waals surface area contributed by atoms with E-state index in [-0.39, 0.29) is 12.3 Å². The molecule has 64 valence electrons. The average molecular weight is 181 g/mol. The Kier molecular flexibility index (Phi) is 10.3. The van der Waals surface area contributed by atoms with Crippen LogP contribution >= 0.6 is 11.6 Å². The Morgan fingerprint density at radius 2 is 1.73 bits per heavy atom. The number of halogens is 1. The van der Waals surface area contributed by atoms with Gasteiger partial charge < -0.3 is 10.2 Å². The van der Waals surface area contributed by atoms with E-state index in [1.54, 1.807) is 0 Å². The molecule has 0 saturated heterocycles. The fraction of sp³-hybridized carbons (Fsp3) is 0.333. The Morgan fingerprint density at radius 3 is 1.73 bits per heavy atom. The van der Waals surface area contributed by atoms with Crippen LogP contribution in [0.2, 0.25) is 0 Å². The third-order valence-corrected chi connectivity index (χ3v) is 0.662. The van der Waals surface area contributed by atoms with Gasteiger partial charge in [-0.05, 0) is 0 Å². The Morgan fingerprint density at radius 1 is 1.36 bits per heavy atom. The van der Waals surface area contributed by atoms with E-state index in [0.717, 1.165) is 0 Å². The fourth-order valence-corrected chi connectivity index (χ4v) is 0.123. The number of carboxylic acid groups (broad SMARTS) is 2. The molecule has 2 N–H and O–H groups in total. The molecule has 5 heteroatoms. The number of alkyl halides is 1. The molecule has 0 rings (SSSR count). The van der Waals surface area contributed by atoms with Crippen LogP contribution in [0.4, 0.5) is 0 Å². The summed E-state index contributed by atoms with van der Waals surface area (Å²) in [5.74, 6) is -2.11. The highest BCUT2D eigenvalue weighted by Gasteiger charge is 1.84. The number of carboxylic acids is 2. The second-order valence-corrected chi connectivity index (χ2v) is 1.68. The summed E-state index contributed by atoms with van der Waals surface area (Å²) in [5, 5.41) is 15.4. The number of hydrogen-bond acceptors (Lipinski definition) is 2. The van der Waals surface area contributed by atoms with Crippen LogP contribution in [0.15, 0.2) is 12.7 Å². The molecule has 0 unspecified atom stereocenters. The summed E-state index contributed by atoms with van der Waals surface area (Å²) < 4.78 is 0. The Bertz CT molecular complexity index is 144. The third kappa shape index (κ3) is 27.6. The first kappa shape index (κ1) is 12.6. The van der Waals surface area contributed by atoms with Gasteiger partial charge in [-0.15, -0.1) is 18.2 Å². The van der Waals surface area contributed by atoms with Gasteiger partial charge in [0.25, 0.3) is 0 Å². The van der Waals surface area contributed by atoms with Gasteiger partial charge in [-0.25, -0.2) is 0 Å². The van der Waals surface area contributed by atoms with E-state index < -0.39 is 11.9 Å². The van der Waals surface area contributed by atoms with Crippen LogP contribution in [0.5, 0.6) is 0 Å². The van der Waals surface area contributed by atoms with Gasteiger partial charge >= 0.3 is 11.9 Å². The smallest absolute Gasteiger partial charge is 0.318 e. The fourth-order valence-electron chi connectivity index (χ4n) is 0.123. The molecule has 0 aliphatic carbocycles. The molecule has 0 aromatic rings. The lowest BCUT2D eigenvalue weighted by Gasteiger charge is -1.75. The van der Waals surface area contributed by atoms with Gasteiger partial charge in [-0.2, -0.15) is 0 Å². The zero-order chi connectivity index (χ0) is 9.28. The SMILES string of the molecule is C=CCC(=O)O.O=C(O)CCl. The normalized spacial score (nSPS) is 7.36. The molecule has 0 aromatic heterocycles. The zero-order valence-corrected chi connectivity index (χ0v) is 6.54. The topological polar surface area (TPSA) is 74.6 Å². The van der Waals surface area contributed by atoms with Gasteiger partial charge in [0.15, 0.2) is 0 Å². The summed E-state index contributed by atoms with van der Waals surface area (Å²) in [6.45, 7) is 3.22. The molecule has 0 fully saturated rings. The molecule has 0 atom stereocenters. The quantitative estimate of drug-likeness (QED) is 0.501. The van der Waals surface area contributed by atoms with Crippen molar-refractivity contribution in [3.8, 4) is 0 Å². The summed E-state index contributed by atoms with van der Waals surface area (Å²) in [4.78, 5) is 18.8. The largest absolute Gasteiger partial charge is 0.481 e. The molecule has 0 aromatic carbocycles. The van der Waals surface area contributed by atoms with E-state index in [4.69, 9.17) is 21.8 Å². The van der Waals surface area contributed by atoms with Crippen LogP contribution in [-0.4, -0.2) is 28.0 Å². The van der Waals surface area contributed by atoms with Gasteiger partial charge in [0.05, 0.1) is 6.42 Å². The first-order chi connectivity index (χ1) is 5.04. The van der Waals surface area contributed by atoms with Gasteiger partial charge in [-0.3, -0.25) is 9.59 Å². The first-order valence-corrected chi connectivity index (χ1v) is 3.18. The molecule has 0 heterocycles. The van der Waals surface area contributed by atoms with Crippen molar-refractivity contribution in [1.29, 1.82) is 0 Å². The Labute approximate surface area is 69.1 Å². The highest BCUT2D eigenvalue weighted by atomic mass is 35.5. The lowest BCUT2D eigenvalue weighted by atomic mass is 10.4. The summed E-state index contributed by atoms with van der Waals surface area (Å²) in [5.41, 5.74) is 0. The van der Waals surface area contributed by atoms with E-state index in [1.165, 1.54) is 6.08 Å². The van der Waals surface area contributed by atoms with Crippen LogP contribution in [0.3, 0.4) is 0 Å². The van der Waals surface area contributed by atoms with E-state index in [0.29, 0.717) is 0 Å². The second-order valence-electron chi connectivity index (χ2n) is 1.41. The first-order valence-electron chi connectivity index (χ1n) is 2.65. The van der Waals surface area contributed by atoms with Crippen molar-refractivity contribution in [3.63, 3.8) is 0 Å². The summed E-state index contributed by atoms with van der Waals surface area (Å²) >= 11 is 4.74. The minimum absolute atomic E-state index is 0.0556. The Balaban J connectivity index is 0. The minimum Gasteiger partial charge on any atom is -0.481 e. The molecule has 0 saturated carbocycles. The number of hydrogen-bond donors (Lipinski definition) is 2. The maximum absolute atomic E-state index is 9.53. The molecular formula is C6H9ClO4. The van der Waals surface area contributed by atoms with Gasteiger partial charge in [0.1, 0.15) is 5.88 Å². The van der Waals surface area contributed by atoms with E-state index in [9.17, 15) is 9.59 Å². The van der Waals surface area contributed by atoms with Crippen molar-refractivity contribution < 1.29 is 19.8 Å². The summed E-state index contributed by atoms with van der Waals surface area (Å²) in [6.07, 6.45) is 1.41. The van der Waals surface area contributed by atoms with Crippen molar-refractivity contribution in [1.82, 2.24) is 0 Å². The number of rotatable bonds is 3. The van der Waals surface area contributed by atoms with Crippen molar-refractivity contribution in [2.75, 3.05) is 5.88 Å². The van der Waals surface area contributed by atoms with E-state index in [2.05, 4.69) is 6.58 Å². The monoisotopic (exact) mass is 180 g/mol. The molecule has 0 amide bonds.